The Morgan fingerprint density at radius 1 is 0.864 bits per heavy atom. The average molecular weight is 1130 g/mol. The summed E-state index contributed by atoms with van der Waals surface area (Å²) in [6.07, 6.45) is 14.2. The minimum Gasteiger partial charge on any atom is -0.382 e. The number of nitrogen functional groups attached to an aromatic ring is 1. The molecule has 4 fully saturated rings. The molecular formula is C60H75F2N13O5S. The first-order valence-corrected chi connectivity index (χ1v) is 30.2. The van der Waals surface area contributed by atoms with Gasteiger partial charge >= 0.3 is 0 Å². The largest absolute Gasteiger partial charge is 0.382 e. The number of fused-ring (bicyclic) bond motifs is 8. The standard InChI is InChI=1S/C60H75F2N13O5S/c1-37(65-2)57(78)69-54(60(80)73-27-10-12-49(73)58-68-47(36-81-58)55(77)39-14-16-41(61)17-15-39)38-22-28-71(29-23-38)25-8-6-4-3-5-7-13-52(76)66-24-30-75-51(33-63)53-40-31-50(56(64)67-34-40)72-26-9-11-48(72)45-32-42(62)18-21-44(45)59(79)74(43-19-20-43)35-46(53)70-75/h14-18,21,31-32,34,37-38,43,47-49,54,65H,3-13,19-20,22-30,35-36H2,1-2H3,(H2,64,67)(H,66,76)(H,69,78)/t37-,47?,48-,49-,54-/m1/s1. The number of amides is 4. The number of rotatable bonds is 21. The first-order chi connectivity index (χ1) is 39.3. The van der Waals surface area contributed by atoms with Crippen molar-refractivity contribution < 1.29 is 32.8 Å². The zero-order valence-corrected chi connectivity index (χ0v) is 47.3. The number of likely N-dealkylation sites (N-methyl/N-ethyl adjacent to an activating group) is 1. The number of aliphatic imine (C=N–C) groups is 1. The van der Waals surface area contributed by atoms with Crippen LogP contribution in [0.15, 0.2) is 59.7 Å². The van der Waals surface area contributed by atoms with E-state index in [0.717, 1.165) is 108 Å². The van der Waals surface area contributed by atoms with Crippen molar-refractivity contribution in [2.75, 3.05) is 62.7 Å². The number of nitrogens with zero attached hydrogens (tertiary/aromatic N) is 9. The van der Waals surface area contributed by atoms with Crippen LogP contribution in [0.5, 0.6) is 0 Å². The van der Waals surface area contributed by atoms with Crippen molar-refractivity contribution in [3.05, 3.63) is 94.4 Å². The van der Waals surface area contributed by atoms with E-state index < -0.39 is 29.8 Å². The maximum Gasteiger partial charge on any atom is 0.254 e. The molecule has 3 saturated heterocycles. The summed E-state index contributed by atoms with van der Waals surface area (Å²) in [5.41, 5.74) is 10.7. The molecule has 5 N–H and O–H groups in total. The summed E-state index contributed by atoms with van der Waals surface area (Å²) in [6, 6.07) is 11.9. The minimum absolute atomic E-state index is 0.00616. The van der Waals surface area contributed by atoms with E-state index in [1.165, 1.54) is 48.2 Å². The van der Waals surface area contributed by atoms with Gasteiger partial charge in [-0.1, -0.05) is 25.7 Å². The van der Waals surface area contributed by atoms with Gasteiger partial charge in [-0.2, -0.15) is 10.4 Å². The van der Waals surface area contributed by atoms with E-state index in [1.807, 2.05) is 15.9 Å². The Morgan fingerprint density at radius 3 is 2.35 bits per heavy atom. The molecule has 5 atom stereocenters. The number of carbonyl (C=O) groups is 5. The lowest BCUT2D eigenvalue weighted by Gasteiger charge is -2.38. The molecule has 7 heterocycles. The SMILES string of the molecule is CN[C@H](C)C(=O)N[C@@H](C(=O)N1CCC[C@@H]1C1=NC(C(=O)c2ccc(F)cc2)CS1)C1CCN(CCCCCCCCC(=O)NCCn2nc3c(c2C#N)-c2cnc(N)c(c2)N2CCC[C@@H]2c2cc(F)ccc2C(=O)N(C2CC2)C3)CC1. The number of likely N-dealkylation sites (tertiary alicyclic amines) is 2. The molecule has 2 bridgehead atoms. The number of benzene rings is 2. The number of aromatic nitrogens is 3. The van der Waals surface area contributed by atoms with E-state index in [4.69, 9.17) is 15.8 Å². The van der Waals surface area contributed by atoms with Gasteiger partial charge in [-0.05, 0) is 158 Å². The van der Waals surface area contributed by atoms with Gasteiger partial charge in [0.15, 0.2) is 5.78 Å². The van der Waals surface area contributed by atoms with Gasteiger partial charge in [0, 0.05) is 66.3 Å². The quantitative estimate of drug-likeness (QED) is 0.0480. The number of Topliss-reactive ketones (excluding diaryl/α,β-unsaturated/α-hetero) is 1. The number of ketones is 1. The number of unbranched alkanes of at least 4 members (excludes halogenated alkanes) is 5. The van der Waals surface area contributed by atoms with Crippen molar-refractivity contribution in [2.24, 2.45) is 10.9 Å². The second-order valence-electron chi connectivity index (χ2n) is 22.6. The Hall–Kier alpha value is -6.76. The van der Waals surface area contributed by atoms with Gasteiger partial charge in [0.1, 0.15) is 41.3 Å². The molecule has 81 heavy (non-hydrogen) atoms. The third kappa shape index (κ3) is 13.1. The van der Waals surface area contributed by atoms with Crippen molar-refractivity contribution in [1.29, 1.82) is 5.26 Å². The first kappa shape index (κ1) is 57.5. The molecule has 0 spiro atoms. The van der Waals surface area contributed by atoms with E-state index in [-0.39, 0.29) is 73.1 Å². The highest BCUT2D eigenvalue weighted by molar-refractivity contribution is 8.14. The molecule has 1 saturated carbocycles. The number of hydrogen-bond donors (Lipinski definition) is 4. The number of halogens is 2. The number of piperidine rings is 1. The Morgan fingerprint density at radius 2 is 1.59 bits per heavy atom. The van der Waals surface area contributed by atoms with E-state index in [2.05, 4.69) is 36.8 Å². The highest BCUT2D eigenvalue weighted by Gasteiger charge is 2.43. The molecule has 430 valence electrons. The van der Waals surface area contributed by atoms with E-state index in [0.29, 0.717) is 82.4 Å². The topological polar surface area (TPSA) is 227 Å². The van der Waals surface area contributed by atoms with Crippen LogP contribution in [-0.2, 0) is 27.5 Å². The van der Waals surface area contributed by atoms with Crippen LogP contribution in [0.25, 0.3) is 11.1 Å². The lowest BCUT2D eigenvalue weighted by molar-refractivity contribution is -0.138. The molecule has 2 aromatic heterocycles. The summed E-state index contributed by atoms with van der Waals surface area (Å²) in [5.74, 6) is -0.803. The molecule has 2 aromatic carbocycles. The van der Waals surface area contributed by atoms with Gasteiger partial charge in [0.25, 0.3) is 5.91 Å². The summed E-state index contributed by atoms with van der Waals surface area (Å²) in [4.78, 5) is 86.3. The second kappa shape index (κ2) is 26.0. The van der Waals surface area contributed by atoms with Crippen LogP contribution in [0.3, 0.4) is 0 Å². The fraction of sp³-hybridized carbons (Fsp3) is 0.550. The van der Waals surface area contributed by atoms with Crippen molar-refractivity contribution in [3.63, 3.8) is 0 Å². The summed E-state index contributed by atoms with van der Waals surface area (Å²) >= 11 is 1.50. The average Bonchev–Trinajstić information content (AvgIpc) is 4.03. The van der Waals surface area contributed by atoms with Crippen LogP contribution in [0.1, 0.15) is 147 Å². The Bertz CT molecular complexity index is 3050. The third-order valence-electron chi connectivity index (χ3n) is 17.2. The summed E-state index contributed by atoms with van der Waals surface area (Å²) in [5, 5.41) is 25.5. The molecule has 4 amide bonds. The first-order valence-electron chi connectivity index (χ1n) is 29.2. The van der Waals surface area contributed by atoms with Crippen molar-refractivity contribution in [2.45, 2.75) is 153 Å². The fourth-order valence-corrected chi connectivity index (χ4v) is 13.7. The minimum atomic E-state index is -0.673. The van der Waals surface area contributed by atoms with Gasteiger partial charge in [-0.3, -0.25) is 33.6 Å². The van der Waals surface area contributed by atoms with Crippen molar-refractivity contribution >= 4 is 57.7 Å². The molecule has 1 aliphatic carbocycles. The van der Waals surface area contributed by atoms with Gasteiger partial charge < -0.3 is 41.3 Å². The predicted octanol–water partition coefficient (Wildman–Crippen LogP) is 7.18. The van der Waals surface area contributed by atoms with Crippen LogP contribution in [0.2, 0.25) is 0 Å². The van der Waals surface area contributed by atoms with Crippen LogP contribution >= 0.6 is 11.8 Å². The number of nitrogens with two attached hydrogens (primary N) is 1. The Labute approximate surface area is 477 Å². The molecule has 5 aliphatic heterocycles. The van der Waals surface area contributed by atoms with Crippen LogP contribution < -0.4 is 26.6 Å². The van der Waals surface area contributed by atoms with Gasteiger partial charge in [0.05, 0.1) is 47.6 Å². The molecule has 10 rings (SSSR count). The van der Waals surface area contributed by atoms with E-state index in [1.54, 1.807) is 30.9 Å². The monoisotopic (exact) mass is 1130 g/mol. The van der Waals surface area contributed by atoms with Crippen LogP contribution in [-0.4, -0.2) is 146 Å². The van der Waals surface area contributed by atoms with Crippen LogP contribution in [0.4, 0.5) is 20.3 Å². The smallest absolute Gasteiger partial charge is 0.254 e. The number of pyridine rings is 1. The summed E-state index contributed by atoms with van der Waals surface area (Å²) in [7, 11) is 1.72. The normalized spacial score (nSPS) is 21.0. The Kier molecular flexibility index (Phi) is 18.5. The number of anilines is 2. The highest BCUT2D eigenvalue weighted by atomic mass is 32.2. The highest BCUT2D eigenvalue weighted by Crippen LogP contribution is 2.44. The zero-order valence-electron chi connectivity index (χ0n) is 46.5. The number of thioether (sulfide) groups is 1. The maximum absolute atomic E-state index is 14.9. The molecule has 21 heteroatoms. The van der Waals surface area contributed by atoms with Crippen LogP contribution in [0, 0.1) is 28.9 Å². The molecule has 4 aromatic rings. The lowest BCUT2D eigenvalue weighted by Crippen LogP contribution is -2.58. The number of nitriles is 1. The summed E-state index contributed by atoms with van der Waals surface area (Å²) < 4.78 is 30.1. The fourth-order valence-electron chi connectivity index (χ4n) is 12.5. The molecular weight excluding hydrogens is 1050 g/mol. The van der Waals surface area contributed by atoms with Gasteiger partial charge in [0.2, 0.25) is 17.7 Å². The van der Waals surface area contributed by atoms with Gasteiger partial charge in [-0.25, -0.2) is 13.8 Å². The van der Waals surface area contributed by atoms with Gasteiger partial charge in [-0.15, -0.1) is 11.8 Å². The zero-order chi connectivity index (χ0) is 56.7. The van der Waals surface area contributed by atoms with Crippen molar-refractivity contribution in [3.8, 4) is 17.2 Å². The number of carbonyl (C=O) groups excluding carboxylic acids is 5. The van der Waals surface area contributed by atoms with Crippen molar-refractivity contribution in [1.82, 2.24) is 45.4 Å². The van der Waals surface area contributed by atoms with E-state index >= 15 is 0 Å². The molecule has 1 unspecified atom stereocenters. The third-order valence-corrected chi connectivity index (χ3v) is 18.4. The predicted molar refractivity (Wildman–Crippen MR) is 307 cm³/mol. The second-order valence-corrected chi connectivity index (χ2v) is 23.7. The van der Waals surface area contributed by atoms with E-state index in [9.17, 15) is 38.0 Å². The number of hydrogen-bond acceptors (Lipinski definition) is 14. The maximum atomic E-state index is 14.9. The molecule has 0 radical (unpaired) electrons. The molecule has 18 nitrogen and oxygen atoms in total. The lowest BCUT2D eigenvalue weighted by atomic mass is 9.88. The Balaban J connectivity index is 0.671. The molecule has 6 aliphatic rings. The number of nitrogens with one attached hydrogen (secondary N) is 3. The summed E-state index contributed by atoms with van der Waals surface area (Å²) in [6.45, 7) is 6.26.